The van der Waals surface area contributed by atoms with Gasteiger partial charge in [-0.2, -0.15) is 0 Å². The van der Waals surface area contributed by atoms with Crippen molar-refractivity contribution in [1.29, 1.82) is 0 Å². The predicted octanol–water partition coefficient (Wildman–Crippen LogP) is 2.93. The summed E-state index contributed by atoms with van der Waals surface area (Å²) in [5, 5.41) is -0.108. The molecular formula is C16H13F2N3O. The van der Waals surface area contributed by atoms with Gasteiger partial charge in [0.05, 0.1) is 23.6 Å². The second-order valence-corrected chi connectivity index (χ2v) is 4.92. The smallest absolute Gasteiger partial charge is 0.268 e. The Morgan fingerprint density at radius 3 is 2.68 bits per heavy atom. The van der Waals surface area contributed by atoms with E-state index in [0.29, 0.717) is 17.8 Å². The number of aromatic nitrogens is 3. The van der Waals surface area contributed by atoms with Crippen molar-refractivity contribution in [3.63, 3.8) is 0 Å². The Bertz CT molecular complexity index is 935. The van der Waals surface area contributed by atoms with Crippen LogP contribution in [0.3, 0.4) is 0 Å². The lowest BCUT2D eigenvalue weighted by Crippen LogP contribution is -2.25. The van der Waals surface area contributed by atoms with Crippen LogP contribution in [0.5, 0.6) is 0 Å². The molecule has 0 fully saturated rings. The number of aryl methyl sites for hydroxylation is 1. The topological polar surface area (TPSA) is 47.8 Å². The van der Waals surface area contributed by atoms with E-state index in [0.717, 1.165) is 6.20 Å². The van der Waals surface area contributed by atoms with Crippen molar-refractivity contribution in [2.75, 3.05) is 0 Å². The van der Waals surface area contributed by atoms with Gasteiger partial charge < -0.3 is 0 Å². The summed E-state index contributed by atoms with van der Waals surface area (Å²) in [7, 11) is 0. The molecule has 22 heavy (non-hydrogen) atoms. The molecule has 112 valence electrons. The normalized spacial score (nSPS) is 11.1. The van der Waals surface area contributed by atoms with E-state index in [1.807, 2.05) is 6.92 Å². The Morgan fingerprint density at radius 2 is 1.95 bits per heavy atom. The zero-order valence-electron chi connectivity index (χ0n) is 12.1. The summed E-state index contributed by atoms with van der Waals surface area (Å²) >= 11 is 0. The lowest BCUT2D eigenvalue weighted by molar-refractivity contribution is 0.608. The Morgan fingerprint density at radius 1 is 1.18 bits per heavy atom. The highest BCUT2D eigenvalue weighted by molar-refractivity contribution is 5.78. The van der Waals surface area contributed by atoms with Gasteiger partial charge in [-0.3, -0.25) is 14.3 Å². The summed E-state index contributed by atoms with van der Waals surface area (Å²) < 4.78 is 29.0. The second-order valence-electron chi connectivity index (χ2n) is 4.92. The fourth-order valence-electron chi connectivity index (χ4n) is 2.44. The third-order valence-corrected chi connectivity index (χ3v) is 3.60. The van der Waals surface area contributed by atoms with E-state index in [-0.39, 0.29) is 16.6 Å². The van der Waals surface area contributed by atoms with Crippen molar-refractivity contribution in [1.82, 2.24) is 14.5 Å². The minimum absolute atomic E-state index is 0.108. The Balaban J connectivity index is 2.48. The minimum Gasteiger partial charge on any atom is -0.268 e. The molecule has 2 heterocycles. The van der Waals surface area contributed by atoms with Crippen molar-refractivity contribution in [2.45, 2.75) is 20.3 Å². The summed E-state index contributed by atoms with van der Waals surface area (Å²) in [5.74, 6) is -0.743. The monoisotopic (exact) mass is 301 g/mol. The van der Waals surface area contributed by atoms with Crippen LogP contribution < -0.4 is 5.56 Å². The SMILES string of the molecule is CCc1nc2cccc(F)c2c(=O)n1-c1cncc(F)c1C. The quantitative estimate of drug-likeness (QED) is 0.731. The van der Waals surface area contributed by atoms with Crippen LogP contribution in [0, 0.1) is 18.6 Å². The van der Waals surface area contributed by atoms with Gasteiger partial charge in [-0.25, -0.2) is 13.8 Å². The lowest BCUT2D eigenvalue weighted by Gasteiger charge is -2.14. The van der Waals surface area contributed by atoms with E-state index in [9.17, 15) is 13.6 Å². The number of rotatable bonds is 2. The molecule has 0 saturated carbocycles. The van der Waals surface area contributed by atoms with Crippen LogP contribution in [0.4, 0.5) is 8.78 Å². The molecule has 4 nitrogen and oxygen atoms in total. The molecule has 0 aliphatic rings. The van der Waals surface area contributed by atoms with Crippen LogP contribution in [0.2, 0.25) is 0 Å². The molecule has 0 saturated heterocycles. The maximum Gasteiger partial charge on any atom is 0.269 e. The van der Waals surface area contributed by atoms with Gasteiger partial charge in [-0.05, 0) is 19.1 Å². The van der Waals surface area contributed by atoms with Crippen LogP contribution in [-0.4, -0.2) is 14.5 Å². The maximum absolute atomic E-state index is 14.0. The van der Waals surface area contributed by atoms with Gasteiger partial charge in [-0.1, -0.05) is 13.0 Å². The van der Waals surface area contributed by atoms with Crippen LogP contribution in [0.15, 0.2) is 35.4 Å². The van der Waals surface area contributed by atoms with Crippen molar-refractivity contribution in [3.8, 4) is 5.69 Å². The van der Waals surface area contributed by atoms with E-state index in [1.54, 1.807) is 13.0 Å². The molecule has 0 amide bonds. The largest absolute Gasteiger partial charge is 0.269 e. The summed E-state index contributed by atoms with van der Waals surface area (Å²) in [4.78, 5) is 20.8. The van der Waals surface area contributed by atoms with E-state index >= 15 is 0 Å². The highest BCUT2D eigenvalue weighted by Gasteiger charge is 2.17. The van der Waals surface area contributed by atoms with E-state index in [2.05, 4.69) is 9.97 Å². The zero-order chi connectivity index (χ0) is 15.9. The van der Waals surface area contributed by atoms with E-state index < -0.39 is 17.2 Å². The second kappa shape index (κ2) is 5.29. The average Bonchev–Trinajstić information content (AvgIpc) is 2.50. The van der Waals surface area contributed by atoms with Gasteiger partial charge in [0.1, 0.15) is 22.8 Å². The fourth-order valence-corrected chi connectivity index (χ4v) is 2.44. The molecule has 0 aliphatic carbocycles. The number of nitrogens with zero attached hydrogens (tertiary/aromatic N) is 3. The summed E-state index contributed by atoms with van der Waals surface area (Å²) in [5.41, 5.74) is 0.277. The number of benzene rings is 1. The standard InChI is InChI=1S/C16H13F2N3O/c1-3-14-20-12-6-4-5-10(17)15(12)16(22)21(14)13-8-19-7-11(18)9(13)2/h4-8H,3H2,1-2H3. The van der Waals surface area contributed by atoms with Crippen molar-refractivity contribution >= 4 is 10.9 Å². The van der Waals surface area contributed by atoms with Crippen LogP contribution in [0.1, 0.15) is 18.3 Å². The summed E-state index contributed by atoms with van der Waals surface area (Å²) in [6.07, 6.45) is 2.90. The Labute approximate surface area is 125 Å². The van der Waals surface area contributed by atoms with Gasteiger partial charge in [0.2, 0.25) is 0 Å². The molecular weight excluding hydrogens is 288 g/mol. The molecule has 0 N–H and O–H groups in total. The number of fused-ring (bicyclic) bond motifs is 1. The van der Waals surface area contributed by atoms with E-state index in [4.69, 9.17) is 0 Å². The predicted molar refractivity (Wildman–Crippen MR) is 79.2 cm³/mol. The molecule has 3 aromatic rings. The molecule has 0 bridgehead atoms. The molecule has 0 spiro atoms. The average molecular weight is 301 g/mol. The molecule has 0 atom stereocenters. The number of hydrogen-bond acceptors (Lipinski definition) is 3. The first-order chi connectivity index (χ1) is 10.5. The lowest BCUT2D eigenvalue weighted by atomic mass is 10.2. The van der Waals surface area contributed by atoms with Gasteiger partial charge in [0, 0.05) is 12.0 Å². The third kappa shape index (κ3) is 2.07. The van der Waals surface area contributed by atoms with Crippen molar-refractivity contribution in [3.05, 3.63) is 64.0 Å². The Kier molecular flexibility index (Phi) is 3.44. The molecule has 1 aromatic carbocycles. The van der Waals surface area contributed by atoms with Crippen LogP contribution in [0.25, 0.3) is 16.6 Å². The molecule has 2 aromatic heterocycles. The highest BCUT2D eigenvalue weighted by Crippen LogP contribution is 2.19. The molecule has 0 unspecified atom stereocenters. The first kappa shape index (κ1) is 14.3. The van der Waals surface area contributed by atoms with Crippen LogP contribution >= 0.6 is 0 Å². The minimum atomic E-state index is -0.645. The van der Waals surface area contributed by atoms with Gasteiger partial charge in [0.25, 0.3) is 5.56 Å². The van der Waals surface area contributed by atoms with Crippen LogP contribution in [-0.2, 0) is 6.42 Å². The fraction of sp³-hybridized carbons (Fsp3) is 0.188. The number of pyridine rings is 1. The molecule has 6 heteroatoms. The van der Waals surface area contributed by atoms with Gasteiger partial charge >= 0.3 is 0 Å². The summed E-state index contributed by atoms with van der Waals surface area (Å²) in [6, 6.07) is 4.29. The molecule has 0 aliphatic heterocycles. The molecule has 0 radical (unpaired) electrons. The third-order valence-electron chi connectivity index (χ3n) is 3.60. The van der Waals surface area contributed by atoms with Crippen molar-refractivity contribution in [2.24, 2.45) is 0 Å². The van der Waals surface area contributed by atoms with Crippen molar-refractivity contribution < 1.29 is 8.78 Å². The summed E-state index contributed by atoms with van der Waals surface area (Å²) in [6.45, 7) is 3.37. The number of halogens is 2. The maximum atomic E-state index is 14.0. The van der Waals surface area contributed by atoms with Gasteiger partial charge in [0.15, 0.2) is 0 Å². The Hall–Kier alpha value is -2.63. The first-order valence-electron chi connectivity index (χ1n) is 6.85. The zero-order valence-corrected chi connectivity index (χ0v) is 12.1. The molecule has 3 rings (SSSR count). The first-order valence-corrected chi connectivity index (χ1v) is 6.85. The number of hydrogen-bond donors (Lipinski definition) is 0. The van der Waals surface area contributed by atoms with E-state index in [1.165, 1.54) is 22.9 Å². The highest BCUT2D eigenvalue weighted by atomic mass is 19.1. The van der Waals surface area contributed by atoms with Gasteiger partial charge in [-0.15, -0.1) is 0 Å².